The van der Waals surface area contributed by atoms with Crippen LogP contribution in [0.2, 0.25) is 0 Å². The average Bonchev–Trinajstić information content (AvgIpc) is 2.86. The molecule has 0 fully saturated rings. The summed E-state index contributed by atoms with van der Waals surface area (Å²) in [5.74, 6) is 0. The third kappa shape index (κ3) is 4.36. The standard InChI is InChI=1S/C17H23N3O2/c1-12-7-13(2)9-14(8-12)16(21)11-19-17(22)18-10-15-5-4-6-20(15)3/h4-9,16,21H,10-11H2,1-3H3,(H2,18,19,22). The summed E-state index contributed by atoms with van der Waals surface area (Å²) in [7, 11) is 1.93. The van der Waals surface area contributed by atoms with Crippen molar-refractivity contribution < 1.29 is 9.90 Å². The fourth-order valence-corrected chi connectivity index (χ4v) is 2.42. The van der Waals surface area contributed by atoms with Crippen molar-refractivity contribution >= 4 is 6.03 Å². The Kier molecular flexibility index (Phi) is 5.22. The third-order valence-corrected chi connectivity index (χ3v) is 3.57. The fourth-order valence-electron chi connectivity index (χ4n) is 2.42. The number of aromatic nitrogens is 1. The van der Waals surface area contributed by atoms with E-state index in [1.54, 1.807) is 0 Å². The molecule has 5 heteroatoms. The van der Waals surface area contributed by atoms with Crippen molar-refractivity contribution in [3.05, 3.63) is 58.9 Å². The summed E-state index contributed by atoms with van der Waals surface area (Å²) in [6.07, 6.45) is 1.22. The molecule has 3 N–H and O–H groups in total. The molecule has 1 unspecified atom stereocenters. The van der Waals surface area contributed by atoms with Gasteiger partial charge in [0.15, 0.2) is 0 Å². The highest BCUT2D eigenvalue weighted by Crippen LogP contribution is 2.16. The molecule has 0 spiro atoms. The SMILES string of the molecule is Cc1cc(C)cc(C(O)CNC(=O)NCc2cccn2C)c1. The molecule has 0 aliphatic rings. The lowest BCUT2D eigenvalue weighted by Crippen LogP contribution is -2.37. The molecule has 5 nitrogen and oxygen atoms in total. The van der Waals surface area contributed by atoms with Gasteiger partial charge in [-0.2, -0.15) is 0 Å². The number of aliphatic hydroxyl groups is 1. The van der Waals surface area contributed by atoms with Gasteiger partial charge < -0.3 is 20.3 Å². The highest BCUT2D eigenvalue weighted by molar-refractivity contribution is 5.73. The third-order valence-electron chi connectivity index (χ3n) is 3.57. The second-order valence-electron chi connectivity index (χ2n) is 5.61. The van der Waals surface area contributed by atoms with E-state index < -0.39 is 6.10 Å². The second-order valence-corrected chi connectivity index (χ2v) is 5.61. The van der Waals surface area contributed by atoms with Crippen molar-refractivity contribution in [2.24, 2.45) is 7.05 Å². The van der Waals surface area contributed by atoms with Crippen LogP contribution in [0, 0.1) is 13.8 Å². The van der Waals surface area contributed by atoms with Gasteiger partial charge in [0.25, 0.3) is 0 Å². The number of carbonyl (C=O) groups is 1. The molecule has 0 aliphatic carbocycles. The molecule has 1 heterocycles. The van der Waals surface area contributed by atoms with Crippen LogP contribution in [0.15, 0.2) is 36.5 Å². The Balaban J connectivity index is 1.81. The number of benzene rings is 1. The summed E-state index contributed by atoms with van der Waals surface area (Å²) in [5.41, 5.74) is 4.04. The summed E-state index contributed by atoms with van der Waals surface area (Å²) in [6, 6.07) is 9.51. The topological polar surface area (TPSA) is 66.3 Å². The number of rotatable bonds is 5. The van der Waals surface area contributed by atoms with Gasteiger partial charge in [0.05, 0.1) is 12.6 Å². The summed E-state index contributed by atoms with van der Waals surface area (Å²) < 4.78 is 1.95. The fraction of sp³-hybridized carbons (Fsp3) is 0.353. The Morgan fingerprint density at radius 3 is 2.50 bits per heavy atom. The number of carbonyl (C=O) groups excluding carboxylic acids is 1. The van der Waals surface area contributed by atoms with Gasteiger partial charge in [-0.1, -0.05) is 29.3 Å². The van der Waals surface area contributed by atoms with E-state index in [1.807, 2.05) is 55.9 Å². The molecular weight excluding hydrogens is 278 g/mol. The van der Waals surface area contributed by atoms with Crippen molar-refractivity contribution in [3.63, 3.8) is 0 Å². The van der Waals surface area contributed by atoms with Crippen molar-refractivity contribution in [2.45, 2.75) is 26.5 Å². The van der Waals surface area contributed by atoms with Crippen LogP contribution in [0.3, 0.4) is 0 Å². The Labute approximate surface area is 131 Å². The zero-order valence-electron chi connectivity index (χ0n) is 13.3. The molecule has 2 amide bonds. The Morgan fingerprint density at radius 2 is 1.91 bits per heavy atom. The van der Waals surface area contributed by atoms with Crippen LogP contribution in [0.4, 0.5) is 4.79 Å². The molecule has 2 aromatic rings. The number of hydrogen-bond acceptors (Lipinski definition) is 2. The molecular formula is C17H23N3O2. The van der Waals surface area contributed by atoms with Crippen LogP contribution >= 0.6 is 0 Å². The number of hydrogen-bond donors (Lipinski definition) is 3. The molecule has 22 heavy (non-hydrogen) atoms. The Bertz CT molecular complexity index is 629. The van der Waals surface area contributed by atoms with E-state index in [4.69, 9.17) is 0 Å². The Hall–Kier alpha value is -2.27. The number of urea groups is 1. The first-order chi connectivity index (χ1) is 10.5. The number of amides is 2. The minimum Gasteiger partial charge on any atom is -0.387 e. The Morgan fingerprint density at radius 1 is 1.23 bits per heavy atom. The van der Waals surface area contributed by atoms with Gasteiger partial charge in [-0.3, -0.25) is 0 Å². The molecule has 0 aliphatic heterocycles. The van der Waals surface area contributed by atoms with E-state index >= 15 is 0 Å². The molecule has 0 saturated heterocycles. The van der Waals surface area contributed by atoms with Crippen LogP contribution in [0.1, 0.15) is 28.5 Å². The largest absolute Gasteiger partial charge is 0.387 e. The van der Waals surface area contributed by atoms with Crippen molar-refractivity contribution in [1.29, 1.82) is 0 Å². The highest BCUT2D eigenvalue weighted by atomic mass is 16.3. The lowest BCUT2D eigenvalue weighted by molar-refractivity contribution is 0.173. The number of nitrogens with zero attached hydrogens (tertiary/aromatic N) is 1. The predicted octanol–water partition coefficient (Wildman–Crippen LogP) is 2.17. The maximum Gasteiger partial charge on any atom is 0.315 e. The van der Waals surface area contributed by atoms with Crippen LogP contribution in [-0.4, -0.2) is 22.2 Å². The van der Waals surface area contributed by atoms with Crippen molar-refractivity contribution in [2.75, 3.05) is 6.54 Å². The quantitative estimate of drug-likeness (QED) is 0.792. The lowest BCUT2D eigenvalue weighted by Gasteiger charge is -2.14. The molecule has 0 bridgehead atoms. The minimum atomic E-state index is -0.709. The monoisotopic (exact) mass is 301 g/mol. The summed E-state index contributed by atoms with van der Waals surface area (Å²) in [4.78, 5) is 11.8. The summed E-state index contributed by atoms with van der Waals surface area (Å²) in [6.45, 7) is 4.61. The summed E-state index contributed by atoms with van der Waals surface area (Å²) >= 11 is 0. The second kappa shape index (κ2) is 7.13. The first-order valence-corrected chi connectivity index (χ1v) is 7.34. The van der Waals surface area contributed by atoms with E-state index in [9.17, 15) is 9.90 Å². The predicted molar refractivity (Wildman–Crippen MR) is 86.5 cm³/mol. The summed E-state index contributed by atoms with van der Waals surface area (Å²) in [5, 5.41) is 15.6. The first kappa shape index (κ1) is 16.1. The van der Waals surface area contributed by atoms with Gasteiger partial charge in [0, 0.05) is 25.5 Å². The van der Waals surface area contributed by atoms with Gasteiger partial charge in [-0.05, 0) is 31.5 Å². The van der Waals surface area contributed by atoms with E-state index in [0.717, 1.165) is 22.4 Å². The van der Waals surface area contributed by atoms with Gasteiger partial charge in [0.1, 0.15) is 0 Å². The molecule has 0 saturated carbocycles. The normalized spacial score (nSPS) is 12.0. The minimum absolute atomic E-state index is 0.182. The maximum atomic E-state index is 11.8. The van der Waals surface area contributed by atoms with Crippen molar-refractivity contribution in [3.8, 4) is 0 Å². The van der Waals surface area contributed by atoms with Crippen molar-refractivity contribution in [1.82, 2.24) is 15.2 Å². The smallest absolute Gasteiger partial charge is 0.315 e. The number of aliphatic hydroxyl groups excluding tert-OH is 1. The van der Waals surface area contributed by atoms with Crippen LogP contribution < -0.4 is 10.6 Å². The first-order valence-electron chi connectivity index (χ1n) is 7.34. The van der Waals surface area contributed by atoms with Gasteiger partial charge in [0.2, 0.25) is 0 Å². The van der Waals surface area contributed by atoms with Gasteiger partial charge in [-0.15, -0.1) is 0 Å². The zero-order chi connectivity index (χ0) is 16.1. The van der Waals surface area contributed by atoms with Crippen LogP contribution in [0.5, 0.6) is 0 Å². The van der Waals surface area contributed by atoms with E-state index in [1.165, 1.54) is 0 Å². The maximum absolute atomic E-state index is 11.8. The van der Waals surface area contributed by atoms with Gasteiger partial charge >= 0.3 is 6.03 Å². The molecule has 2 rings (SSSR count). The molecule has 0 radical (unpaired) electrons. The highest BCUT2D eigenvalue weighted by Gasteiger charge is 2.10. The molecule has 1 aromatic heterocycles. The van der Waals surface area contributed by atoms with Crippen LogP contribution in [0.25, 0.3) is 0 Å². The van der Waals surface area contributed by atoms with Crippen LogP contribution in [-0.2, 0) is 13.6 Å². The van der Waals surface area contributed by atoms with E-state index in [0.29, 0.717) is 6.54 Å². The zero-order valence-corrected chi connectivity index (χ0v) is 13.3. The van der Waals surface area contributed by atoms with E-state index in [2.05, 4.69) is 16.7 Å². The molecule has 118 valence electrons. The average molecular weight is 301 g/mol. The number of nitrogens with one attached hydrogen (secondary N) is 2. The molecule has 1 atom stereocenters. The van der Waals surface area contributed by atoms with Gasteiger partial charge in [-0.25, -0.2) is 4.79 Å². The van der Waals surface area contributed by atoms with E-state index in [-0.39, 0.29) is 12.6 Å². The molecule has 1 aromatic carbocycles. The number of aryl methyl sites for hydroxylation is 3. The lowest BCUT2D eigenvalue weighted by atomic mass is 10.0.